The van der Waals surface area contributed by atoms with Crippen LogP contribution in [0.15, 0.2) is 34.5 Å². The van der Waals surface area contributed by atoms with E-state index in [0.29, 0.717) is 11.7 Å². The number of ether oxygens (including phenoxy) is 2. The van der Waals surface area contributed by atoms with Gasteiger partial charge in [-0.05, 0) is 30.0 Å². The first-order valence-electron chi connectivity index (χ1n) is 5.76. The van der Waals surface area contributed by atoms with E-state index in [-0.39, 0.29) is 6.10 Å². The third-order valence-corrected chi connectivity index (χ3v) is 4.21. The van der Waals surface area contributed by atoms with Crippen LogP contribution >= 0.6 is 15.9 Å². The Morgan fingerprint density at radius 2 is 2.06 bits per heavy atom. The second-order valence-corrected chi connectivity index (χ2v) is 5.16. The molecule has 0 aliphatic carbocycles. The fraction of sp³-hybridized carbons (Fsp3) is 0.357. The number of hydrogen-bond acceptors (Lipinski definition) is 3. The summed E-state index contributed by atoms with van der Waals surface area (Å²) in [4.78, 5) is 0. The predicted molar refractivity (Wildman–Crippen MR) is 72.2 cm³/mol. The zero-order chi connectivity index (χ0) is 13.1. The lowest BCUT2D eigenvalue weighted by molar-refractivity contribution is 0.0908. The van der Waals surface area contributed by atoms with Crippen molar-refractivity contribution < 1.29 is 9.47 Å². The molecule has 0 radical (unpaired) electrons. The van der Waals surface area contributed by atoms with Crippen LogP contribution in [0.5, 0.6) is 5.75 Å². The minimum Gasteiger partial charge on any atom is -0.497 e. The summed E-state index contributed by atoms with van der Waals surface area (Å²) in [7, 11) is 1.64. The van der Waals surface area contributed by atoms with Crippen molar-refractivity contribution in [2.75, 3.05) is 7.11 Å². The van der Waals surface area contributed by atoms with Crippen molar-refractivity contribution >= 4 is 15.9 Å². The van der Waals surface area contributed by atoms with E-state index in [0.717, 1.165) is 22.2 Å². The monoisotopic (exact) mass is 307 g/mol. The Balaban J connectivity index is 2.23. The van der Waals surface area contributed by atoms with E-state index in [1.54, 1.807) is 7.11 Å². The highest BCUT2D eigenvalue weighted by atomic mass is 79.9. The lowest BCUT2D eigenvalue weighted by Crippen LogP contribution is -2.16. The smallest absolute Gasteiger partial charge is 0.208 e. The Hall–Kier alpha value is -1.47. The van der Waals surface area contributed by atoms with Crippen LogP contribution in [-0.4, -0.2) is 7.11 Å². The maximum Gasteiger partial charge on any atom is 0.208 e. The normalized spacial score (nSPS) is 23.2. The fourth-order valence-corrected chi connectivity index (χ4v) is 2.37. The lowest BCUT2D eigenvalue weighted by atomic mass is 9.95. The van der Waals surface area contributed by atoms with Crippen LogP contribution < -0.4 is 4.74 Å². The van der Waals surface area contributed by atoms with E-state index in [1.165, 1.54) is 0 Å². The van der Waals surface area contributed by atoms with E-state index in [4.69, 9.17) is 14.7 Å². The SMILES string of the molecule is COc1ccc([C@H]2C[C@@H](C)C(Br)=C(C#N)O2)cc1. The van der Waals surface area contributed by atoms with Gasteiger partial charge in [0.1, 0.15) is 17.9 Å². The number of benzene rings is 1. The van der Waals surface area contributed by atoms with Crippen LogP contribution in [0.1, 0.15) is 25.0 Å². The van der Waals surface area contributed by atoms with Crippen molar-refractivity contribution in [2.45, 2.75) is 19.4 Å². The first-order chi connectivity index (χ1) is 8.65. The van der Waals surface area contributed by atoms with Crippen molar-refractivity contribution in [2.24, 2.45) is 5.92 Å². The van der Waals surface area contributed by atoms with Gasteiger partial charge in [-0.25, -0.2) is 0 Å². The highest BCUT2D eigenvalue weighted by molar-refractivity contribution is 9.11. The lowest BCUT2D eigenvalue weighted by Gasteiger charge is -2.28. The highest BCUT2D eigenvalue weighted by Crippen LogP contribution is 2.39. The molecule has 0 aromatic heterocycles. The largest absolute Gasteiger partial charge is 0.497 e. The van der Waals surface area contributed by atoms with E-state index in [1.807, 2.05) is 24.3 Å². The van der Waals surface area contributed by atoms with Gasteiger partial charge in [-0.2, -0.15) is 5.26 Å². The quantitative estimate of drug-likeness (QED) is 0.831. The summed E-state index contributed by atoms with van der Waals surface area (Å²) in [6.45, 7) is 2.08. The van der Waals surface area contributed by atoms with E-state index < -0.39 is 0 Å². The first-order valence-corrected chi connectivity index (χ1v) is 6.55. The van der Waals surface area contributed by atoms with Crippen LogP contribution in [0.3, 0.4) is 0 Å². The number of nitriles is 1. The summed E-state index contributed by atoms with van der Waals surface area (Å²) in [5.74, 6) is 1.50. The molecule has 1 aliphatic heterocycles. The molecule has 94 valence electrons. The molecule has 0 fully saturated rings. The van der Waals surface area contributed by atoms with Gasteiger partial charge in [0.05, 0.1) is 11.6 Å². The molecular formula is C14H14BrNO2. The molecular weight excluding hydrogens is 294 g/mol. The summed E-state index contributed by atoms with van der Waals surface area (Å²) >= 11 is 3.42. The van der Waals surface area contributed by atoms with Gasteiger partial charge in [-0.3, -0.25) is 0 Å². The molecule has 1 aliphatic rings. The third-order valence-electron chi connectivity index (χ3n) is 3.07. The Kier molecular flexibility index (Phi) is 3.93. The van der Waals surface area contributed by atoms with Crippen molar-refractivity contribution in [1.82, 2.24) is 0 Å². The minimum absolute atomic E-state index is 0.0677. The van der Waals surface area contributed by atoms with Crippen LogP contribution in [0.2, 0.25) is 0 Å². The van der Waals surface area contributed by atoms with Gasteiger partial charge in [0.15, 0.2) is 0 Å². The standard InChI is InChI=1S/C14H14BrNO2/c1-9-7-12(18-13(8-16)14(9)15)10-3-5-11(17-2)6-4-10/h3-6,9,12H,7H2,1-2H3/t9-,12-/m1/s1. The fourth-order valence-electron chi connectivity index (χ4n) is 2.00. The third kappa shape index (κ3) is 2.51. The molecule has 0 saturated carbocycles. The molecule has 18 heavy (non-hydrogen) atoms. The summed E-state index contributed by atoms with van der Waals surface area (Å²) in [6.07, 6.45) is 0.791. The maximum atomic E-state index is 9.04. The van der Waals surface area contributed by atoms with Crippen molar-refractivity contribution in [3.05, 3.63) is 40.1 Å². The molecule has 0 bridgehead atoms. The average molecular weight is 308 g/mol. The molecule has 0 amide bonds. The minimum atomic E-state index is -0.0677. The van der Waals surface area contributed by atoms with Gasteiger partial charge >= 0.3 is 0 Å². The van der Waals surface area contributed by atoms with Gasteiger partial charge in [0.25, 0.3) is 0 Å². The second-order valence-electron chi connectivity index (χ2n) is 4.31. The number of hydrogen-bond donors (Lipinski definition) is 0. The molecule has 0 N–H and O–H groups in total. The Bertz CT molecular complexity index is 502. The molecule has 4 heteroatoms. The van der Waals surface area contributed by atoms with E-state index in [9.17, 15) is 0 Å². The maximum absolute atomic E-state index is 9.04. The summed E-state index contributed by atoms with van der Waals surface area (Å²) in [6, 6.07) is 9.86. The molecule has 0 spiro atoms. The van der Waals surface area contributed by atoms with Crippen LogP contribution in [-0.2, 0) is 4.74 Å². The van der Waals surface area contributed by atoms with Crippen molar-refractivity contribution in [3.8, 4) is 11.8 Å². The number of halogens is 1. The Morgan fingerprint density at radius 3 is 2.61 bits per heavy atom. The Morgan fingerprint density at radius 1 is 1.39 bits per heavy atom. The summed E-state index contributed by atoms with van der Waals surface area (Å²) in [5.41, 5.74) is 1.07. The average Bonchev–Trinajstić information content (AvgIpc) is 2.42. The topological polar surface area (TPSA) is 42.2 Å². The van der Waals surface area contributed by atoms with Crippen LogP contribution in [0, 0.1) is 17.2 Å². The summed E-state index contributed by atoms with van der Waals surface area (Å²) < 4.78 is 11.7. The molecule has 2 rings (SSSR count). The zero-order valence-corrected chi connectivity index (χ0v) is 11.9. The van der Waals surface area contributed by atoms with E-state index >= 15 is 0 Å². The van der Waals surface area contributed by atoms with E-state index in [2.05, 4.69) is 28.9 Å². The van der Waals surface area contributed by atoms with Crippen molar-refractivity contribution in [3.63, 3.8) is 0 Å². The number of methoxy groups -OCH3 is 1. The number of rotatable bonds is 2. The molecule has 1 aromatic carbocycles. The number of nitrogens with zero attached hydrogens (tertiary/aromatic N) is 1. The molecule has 0 saturated heterocycles. The molecule has 1 aromatic rings. The molecule has 2 atom stereocenters. The van der Waals surface area contributed by atoms with Crippen LogP contribution in [0.25, 0.3) is 0 Å². The van der Waals surface area contributed by atoms with Gasteiger partial charge in [-0.15, -0.1) is 0 Å². The van der Waals surface area contributed by atoms with Gasteiger partial charge in [0.2, 0.25) is 5.76 Å². The van der Waals surface area contributed by atoms with Gasteiger partial charge < -0.3 is 9.47 Å². The predicted octanol–water partition coefficient (Wildman–Crippen LogP) is 3.92. The first kappa shape index (κ1) is 13.0. The molecule has 1 heterocycles. The summed E-state index contributed by atoms with van der Waals surface area (Å²) in [5, 5.41) is 9.04. The van der Waals surface area contributed by atoms with Crippen LogP contribution in [0.4, 0.5) is 0 Å². The van der Waals surface area contributed by atoms with Crippen molar-refractivity contribution in [1.29, 1.82) is 5.26 Å². The second kappa shape index (κ2) is 5.45. The molecule has 0 unspecified atom stereocenters. The number of allylic oxidation sites excluding steroid dienone is 2. The van der Waals surface area contributed by atoms with Gasteiger partial charge in [0, 0.05) is 0 Å². The highest BCUT2D eigenvalue weighted by Gasteiger charge is 2.27. The van der Waals surface area contributed by atoms with Gasteiger partial charge in [-0.1, -0.05) is 35.0 Å². The zero-order valence-electron chi connectivity index (χ0n) is 10.3. The molecule has 3 nitrogen and oxygen atoms in total. The Labute approximate surface area is 115 Å².